The van der Waals surface area contributed by atoms with E-state index in [1.54, 1.807) is 0 Å². The quantitative estimate of drug-likeness (QED) is 0.380. The lowest BCUT2D eigenvalue weighted by molar-refractivity contribution is -0.149. The highest BCUT2D eigenvalue weighted by Gasteiger charge is 2.11. The monoisotopic (exact) mass is 236 g/mol. The molecular weight excluding hydrogens is 216 g/mol. The fraction of sp³-hybridized carbons (Fsp3) is 0.909. The fourth-order valence-corrected chi connectivity index (χ4v) is 1.40. The molecule has 3 nitrogen and oxygen atoms in total. The minimum atomic E-state index is -0.546. The summed E-state index contributed by atoms with van der Waals surface area (Å²) in [6.45, 7) is 1.95. The van der Waals surface area contributed by atoms with Gasteiger partial charge in [0.1, 0.15) is 6.10 Å². The van der Waals surface area contributed by atoms with E-state index >= 15 is 0 Å². The Bertz CT molecular complexity index is 158. The van der Waals surface area contributed by atoms with E-state index in [-0.39, 0.29) is 18.5 Å². The van der Waals surface area contributed by atoms with Crippen LogP contribution in [0.1, 0.15) is 45.4 Å². The summed E-state index contributed by atoms with van der Waals surface area (Å²) in [6, 6.07) is 0. The number of carbonyl (C=O) groups excluding carboxylic acids is 1. The number of aliphatic hydroxyl groups is 1. The van der Waals surface area contributed by atoms with Crippen LogP contribution in [-0.4, -0.2) is 29.7 Å². The molecule has 0 aromatic rings. The molecule has 0 spiro atoms. The van der Waals surface area contributed by atoms with Gasteiger partial charge >= 0.3 is 5.97 Å². The highest BCUT2D eigenvalue weighted by molar-refractivity contribution is 6.18. The number of aliphatic hydroxyl groups excluding tert-OH is 1. The summed E-state index contributed by atoms with van der Waals surface area (Å²) in [6.07, 6.45) is 5.39. The first-order valence-electron chi connectivity index (χ1n) is 5.60. The van der Waals surface area contributed by atoms with Crippen LogP contribution in [0, 0.1) is 0 Å². The zero-order chi connectivity index (χ0) is 11.5. The molecule has 0 saturated heterocycles. The molecule has 4 heteroatoms. The van der Waals surface area contributed by atoms with Crippen LogP contribution in [0.25, 0.3) is 0 Å². The molecule has 0 rings (SSSR count). The number of unbranched alkanes of at least 4 members (excludes halogenated alkanes) is 4. The molecule has 0 amide bonds. The fourth-order valence-electron chi connectivity index (χ4n) is 1.24. The van der Waals surface area contributed by atoms with Crippen molar-refractivity contribution in [3.05, 3.63) is 0 Å². The van der Waals surface area contributed by atoms with E-state index in [2.05, 4.69) is 6.92 Å². The van der Waals surface area contributed by atoms with Gasteiger partial charge in [-0.1, -0.05) is 32.6 Å². The third kappa shape index (κ3) is 8.70. The molecule has 0 saturated carbocycles. The van der Waals surface area contributed by atoms with E-state index in [0.717, 1.165) is 12.8 Å². The highest BCUT2D eigenvalue weighted by atomic mass is 35.5. The Hall–Kier alpha value is -0.280. The van der Waals surface area contributed by atoms with E-state index in [9.17, 15) is 4.79 Å². The van der Waals surface area contributed by atoms with Crippen LogP contribution in [0.15, 0.2) is 0 Å². The lowest BCUT2D eigenvalue weighted by atomic mass is 10.1. The minimum Gasteiger partial charge on any atom is -0.459 e. The number of halogens is 1. The second kappa shape index (κ2) is 10.2. The number of alkyl halides is 1. The Morgan fingerprint density at radius 2 is 2.00 bits per heavy atom. The van der Waals surface area contributed by atoms with Gasteiger partial charge < -0.3 is 9.84 Å². The maximum absolute atomic E-state index is 11.2. The number of esters is 1. The molecule has 0 aliphatic heterocycles. The Labute approximate surface area is 96.8 Å². The van der Waals surface area contributed by atoms with Crippen LogP contribution in [0.4, 0.5) is 0 Å². The molecule has 90 valence electrons. The van der Waals surface area contributed by atoms with Gasteiger partial charge in [-0.2, -0.15) is 0 Å². The SMILES string of the molecule is CCCCCCCC(=O)OC(CO)CCl. The molecule has 0 radical (unpaired) electrons. The van der Waals surface area contributed by atoms with E-state index in [4.69, 9.17) is 21.4 Å². The summed E-state index contributed by atoms with van der Waals surface area (Å²) in [5.74, 6) is -0.107. The number of carbonyl (C=O) groups is 1. The zero-order valence-electron chi connectivity index (χ0n) is 9.38. The first kappa shape index (κ1) is 14.7. The standard InChI is InChI=1S/C11H21ClO3/c1-2-3-4-5-6-7-11(14)15-10(8-12)9-13/h10,13H,2-9H2,1H3. The molecule has 0 aromatic heterocycles. The van der Waals surface area contributed by atoms with Gasteiger partial charge in [-0.25, -0.2) is 0 Å². The van der Waals surface area contributed by atoms with Crippen LogP contribution >= 0.6 is 11.6 Å². The van der Waals surface area contributed by atoms with Crippen LogP contribution in [0.2, 0.25) is 0 Å². The summed E-state index contributed by atoms with van der Waals surface area (Å²) in [4.78, 5) is 11.2. The topological polar surface area (TPSA) is 46.5 Å². The predicted octanol–water partition coefficient (Wildman–Crippen LogP) is 2.49. The second-order valence-corrected chi connectivity index (χ2v) is 3.92. The minimum absolute atomic E-state index is 0.151. The number of hydrogen-bond acceptors (Lipinski definition) is 3. The van der Waals surface area contributed by atoms with Gasteiger partial charge in [0.05, 0.1) is 12.5 Å². The Morgan fingerprint density at radius 1 is 1.33 bits per heavy atom. The lowest BCUT2D eigenvalue weighted by Crippen LogP contribution is -2.23. The maximum atomic E-state index is 11.2. The number of ether oxygens (including phenoxy) is 1. The van der Waals surface area contributed by atoms with Crippen LogP contribution in [-0.2, 0) is 9.53 Å². The third-order valence-corrected chi connectivity index (χ3v) is 2.50. The predicted molar refractivity (Wildman–Crippen MR) is 61.1 cm³/mol. The Kier molecular flexibility index (Phi) is 10.1. The van der Waals surface area contributed by atoms with Gasteiger partial charge in [0.15, 0.2) is 0 Å². The molecule has 15 heavy (non-hydrogen) atoms. The van der Waals surface area contributed by atoms with Crippen LogP contribution in [0.5, 0.6) is 0 Å². The van der Waals surface area contributed by atoms with Gasteiger partial charge in [0.2, 0.25) is 0 Å². The van der Waals surface area contributed by atoms with Crippen molar-refractivity contribution >= 4 is 17.6 Å². The van der Waals surface area contributed by atoms with E-state index < -0.39 is 6.10 Å². The second-order valence-electron chi connectivity index (χ2n) is 3.61. The number of hydrogen-bond donors (Lipinski definition) is 1. The summed E-state index contributed by atoms with van der Waals surface area (Å²) >= 11 is 5.48. The molecule has 1 atom stereocenters. The smallest absolute Gasteiger partial charge is 0.306 e. The van der Waals surface area contributed by atoms with Gasteiger partial charge in [-0.05, 0) is 6.42 Å². The van der Waals surface area contributed by atoms with E-state index in [0.29, 0.717) is 6.42 Å². The molecule has 1 N–H and O–H groups in total. The molecule has 0 aliphatic carbocycles. The van der Waals surface area contributed by atoms with Crippen molar-refractivity contribution in [3.8, 4) is 0 Å². The van der Waals surface area contributed by atoms with Gasteiger partial charge in [-0.15, -0.1) is 11.6 Å². The Balaban J connectivity index is 3.40. The molecule has 0 aliphatic rings. The van der Waals surface area contributed by atoms with Gasteiger partial charge in [0.25, 0.3) is 0 Å². The van der Waals surface area contributed by atoms with E-state index in [1.165, 1.54) is 19.3 Å². The molecule has 1 unspecified atom stereocenters. The van der Waals surface area contributed by atoms with Crippen molar-refractivity contribution in [1.29, 1.82) is 0 Å². The summed E-state index contributed by atoms with van der Waals surface area (Å²) in [5.41, 5.74) is 0. The molecule has 0 heterocycles. The van der Waals surface area contributed by atoms with Crippen molar-refractivity contribution in [2.75, 3.05) is 12.5 Å². The van der Waals surface area contributed by atoms with Crippen LogP contribution < -0.4 is 0 Å². The largest absolute Gasteiger partial charge is 0.459 e. The third-order valence-electron chi connectivity index (χ3n) is 2.16. The first-order chi connectivity index (χ1) is 7.24. The number of rotatable bonds is 9. The molecule has 0 bridgehead atoms. The van der Waals surface area contributed by atoms with Gasteiger partial charge in [-0.3, -0.25) is 4.79 Å². The van der Waals surface area contributed by atoms with Crippen molar-refractivity contribution in [2.24, 2.45) is 0 Å². The summed E-state index contributed by atoms with van der Waals surface area (Å²) in [5, 5.41) is 8.75. The normalized spacial score (nSPS) is 12.5. The molecule has 0 aromatic carbocycles. The van der Waals surface area contributed by atoms with Crippen molar-refractivity contribution < 1.29 is 14.6 Å². The Morgan fingerprint density at radius 3 is 2.53 bits per heavy atom. The van der Waals surface area contributed by atoms with E-state index in [1.807, 2.05) is 0 Å². The van der Waals surface area contributed by atoms with Crippen molar-refractivity contribution in [3.63, 3.8) is 0 Å². The summed E-state index contributed by atoms with van der Waals surface area (Å²) in [7, 11) is 0. The van der Waals surface area contributed by atoms with Gasteiger partial charge in [0, 0.05) is 6.42 Å². The average Bonchev–Trinajstić information content (AvgIpc) is 2.25. The van der Waals surface area contributed by atoms with Crippen molar-refractivity contribution in [2.45, 2.75) is 51.6 Å². The molecular formula is C11H21ClO3. The maximum Gasteiger partial charge on any atom is 0.306 e. The lowest BCUT2D eigenvalue weighted by Gasteiger charge is -2.11. The van der Waals surface area contributed by atoms with Crippen LogP contribution in [0.3, 0.4) is 0 Å². The zero-order valence-corrected chi connectivity index (χ0v) is 10.1. The first-order valence-corrected chi connectivity index (χ1v) is 6.14. The average molecular weight is 237 g/mol. The molecule has 0 fully saturated rings. The highest BCUT2D eigenvalue weighted by Crippen LogP contribution is 2.07. The summed E-state index contributed by atoms with van der Waals surface area (Å²) < 4.78 is 4.93. The van der Waals surface area contributed by atoms with Crippen molar-refractivity contribution in [1.82, 2.24) is 0 Å².